The van der Waals surface area contributed by atoms with Crippen LogP contribution in [-0.2, 0) is 20.7 Å². The minimum atomic E-state index is -0.309. The van der Waals surface area contributed by atoms with Gasteiger partial charge in [0.05, 0.1) is 19.6 Å². The van der Waals surface area contributed by atoms with Gasteiger partial charge in [-0.1, -0.05) is 19.1 Å². The van der Waals surface area contributed by atoms with Crippen LogP contribution in [0.2, 0.25) is 0 Å². The molecule has 0 atom stereocenters. The lowest BCUT2D eigenvalue weighted by atomic mass is 10.1. The molecular formula is C16H23NO3. The third kappa shape index (κ3) is 5.43. The number of carbonyl (C=O) groups is 2. The highest BCUT2D eigenvalue weighted by Gasteiger charge is 2.10. The van der Waals surface area contributed by atoms with E-state index in [9.17, 15) is 9.59 Å². The number of anilines is 1. The van der Waals surface area contributed by atoms with Crippen molar-refractivity contribution in [1.29, 1.82) is 0 Å². The zero-order chi connectivity index (χ0) is 15.0. The quantitative estimate of drug-likeness (QED) is 0.685. The van der Waals surface area contributed by atoms with Crippen molar-refractivity contribution in [1.82, 2.24) is 0 Å². The number of ether oxygens (including phenoxy) is 1. The molecule has 0 saturated heterocycles. The summed E-state index contributed by atoms with van der Waals surface area (Å²) in [4.78, 5) is 24.9. The molecule has 0 saturated carbocycles. The van der Waals surface area contributed by atoms with Crippen LogP contribution >= 0.6 is 0 Å². The predicted molar refractivity (Wildman–Crippen MR) is 80.0 cm³/mol. The molecule has 0 bridgehead atoms. The summed E-state index contributed by atoms with van der Waals surface area (Å²) in [6.07, 6.45) is 1.40. The molecule has 0 spiro atoms. The molecule has 0 aliphatic rings. The monoisotopic (exact) mass is 277 g/mol. The fraction of sp³-hybridized carbons (Fsp3) is 0.500. The van der Waals surface area contributed by atoms with Crippen molar-refractivity contribution in [3.05, 3.63) is 29.8 Å². The van der Waals surface area contributed by atoms with E-state index in [1.54, 1.807) is 6.92 Å². The lowest BCUT2D eigenvalue weighted by molar-refractivity contribution is -0.144. The van der Waals surface area contributed by atoms with Crippen molar-refractivity contribution in [2.24, 2.45) is 0 Å². The van der Waals surface area contributed by atoms with Crippen LogP contribution in [0.3, 0.4) is 0 Å². The first-order chi connectivity index (χ1) is 9.56. The minimum Gasteiger partial charge on any atom is -0.466 e. The van der Waals surface area contributed by atoms with Crippen LogP contribution < -0.4 is 4.90 Å². The number of hydrogen-bond acceptors (Lipinski definition) is 4. The Morgan fingerprint density at radius 2 is 1.75 bits per heavy atom. The summed E-state index contributed by atoms with van der Waals surface area (Å²) in [6, 6.07) is 8.15. The second-order valence-corrected chi connectivity index (χ2v) is 4.72. The average Bonchev–Trinajstić information content (AvgIpc) is 2.45. The molecule has 0 unspecified atom stereocenters. The summed E-state index contributed by atoms with van der Waals surface area (Å²) >= 11 is 0. The Kier molecular flexibility index (Phi) is 6.77. The summed E-state index contributed by atoms with van der Waals surface area (Å²) in [5.41, 5.74) is 2.28. The van der Waals surface area contributed by atoms with E-state index in [0.717, 1.165) is 12.1 Å². The molecule has 1 aromatic carbocycles. The summed E-state index contributed by atoms with van der Waals surface area (Å²) in [6.45, 7) is 4.53. The molecule has 0 aliphatic carbocycles. The number of aryl methyl sites for hydroxylation is 1. The maximum absolute atomic E-state index is 11.8. The summed E-state index contributed by atoms with van der Waals surface area (Å²) in [5, 5.41) is 0. The van der Waals surface area contributed by atoms with Crippen LogP contribution in [0.5, 0.6) is 0 Å². The molecule has 1 aromatic rings. The van der Waals surface area contributed by atoms with Gasteiger partial charge in [0.15, 0.2) is 5.78 Å². The van der Waals surface area contributed by atoms with Crippen molar-refractivity contribution in [3.63, 3.8) is 0 Å². The zero-order valence-corrected chi connectivity index (χ0v) is 12.5. The average molecular weight is 277 g/mol. The summed E-state index contributed by atoms with van der Waals surface area (Å²) in [7, 11) is 1.88. The van der Waals surface area contributed by atoms with E-state index >= 15 is 0 Å². The Balaban J connectivity index is 2.42. The van der Waals surface area contributed by atoms with Crippen molar-refractivity contribution >= 4 is 17.4 Å². The highest BCUT2D eigenvalue weighted by atomic mass is 16.5. The molecule has 0 radical (unpaired) electrons. The molecule has 4 heteroatoms. The normalized spacial score (nSPS) is 10.2. The van der Waals surface area contributed by atoms with Gasteiger partial charge in [0.2, 0.25) is 0 Å². The second-order valence-electron chi connectivity index (χ2n) is 4.72. The number of likely N-dealkylation sites (N-methyl/N-ethyl adjacent to an activating group) is 1. The molecule has 0 N–H and O–H groups in total. The van der Waals surface area contributed by atoms with Gasteiger partial charge in [-0.15, -0.1) is 0 Å². The predicted octanol–water partition coefficient (Wildman–Crippen LogP) is 2.60. The Labute approximate surface area is 120 Å². The van der Waals surface area contributed by atoms with Crippen LogP contribution in [-0.4, -0.2) is 32.0 Å². The molecule has 20 heavy (non-hydrogen) atoms. The first-order valence-corrected chi connectivity index (χ1v) is 7.04. The number of hydrogen-bond donors (Lipinski definition) is 0. The number of benzene rings is 1. The second kappa shape index (κ2) is 8.35. The highest BCUT2D eigenvalue weighted by Crippen LogP contribution is 2.14. The number of carbonyl (C=O) groups excluding carboxylic acids is 2. The van der Waals surface area contributed by atoms with Crippen LogP contribution in [0.15, 0.2) is 24.3 Å². The van der Waals surface area contributed by atoms with E-state index in [2.05, 4.69) is 19.1 Å². The van der Waals surface area contributed by atoms with Gasteiger partial charge in [-0.25, -0.2) is 0 Å². The molecule has 0 heterocycles. The largest absolute Gasteiger partial charge is 0.466 e. The third-order valence-electron chi connectivity index (χ3n) is 3.11. The highest BCUT2D eigenvalue weighted by molar-refractivity contribution is 5.86. The molecule has 1 rings (SSSR count). The van der Waals surface area contributed by atoms with Crippen LogP contribution in [0, 0.1) is 0 Å². The van der Waals surface area contributed by atoms with Crippen LogP contribution in [0.1, 0.15) is 32.3 Å². The number of rotatable bonds is 8. The van der Waals surface area contributed by atoms with E-state index in [0.29, 0.717) is 13.2 Å². The van der Waals surface area contributed by atoms with Gasteiger partial charge >= 0.3 is 5.97 Å². The smallest absolute Gasteiger partial charge is 0.306 e. The molecular weight excluding hydrogens is 254 g/mol. The van der Waals surface area contributed by atoms with Gasteiger partial charge in [-0.05, 0) is 31.0 Å². The van der Waals surface area contributed by atoms with Gasteiger partial charge in [0, 0.05) is 19.2 Å². The topological polar surface area (TPSA) is 46.6 Å². The molecule has 0 aliphatic heterocycles. The van der Waals surface area contributed by atoms with Crippen molar-refractivity contribution in [3.8, 4) is 0 Å². The number of Topliss-reactive ketones (excluding diaryl/α,β-unsaturated/α-hetero) is 1. The number of esters is 1. The third-order valence-corrected chi connectivity index (χ3v) is 3.11. The van der Waals surface area contributed by atoms with Crippen LogP contribution in [0.25, 0.3) is 0 Å². The van der Waals surface area contributed by atoms with Gasteiger partial charge in [-0.2, -0.15) is 0 Å². The van der Waals surface area contributed by atoms with E-state index in [4.69, 9.17) is 4.74 Å². The minimum absolute atomic E-state index is 0.0418. The molecule has 110 valence electrons. The Hall–Kier alpha value is -1.84. The van der Waals surface area contributed by atoms with E-state index in [1.807, 2.05) is 24.1 Å². The fourth-order valence-corrected chi connectivity index (χ4v) is 1.90. The van der Waals surface area contributed by atoms with Crippen molar-refractivity contribution in [2.75, 3.05) is 25.1 Å². The van der Waals surface area contributed by atoms with Gasteiger partial charge in [0.1, 0.15) is 0 Å². The fourth-order valence-electron chi connectivity index (χ4n) is 1.90. The zero-order valence-electron chi connectivity index (χ0n) is 12.5. The van der Waals surface area contributed by atoms with Gasteiger partial charge in [0.25, 0.3) is 0 Å². The first kappa shape index (κ1) is 16.2. The standard InChI is InChI=1S/C16H23NO3/c1-4-13-6-8-14(9-7-13)17(3)12-15(18)10-11-16(19)20-5-2/h6-9H,4-5,10-12H2,1-3H3. The molecule has 0 aromatic heterocycles. The molecule has 4 nitrogen and oxygen atoms in total. The van der Waals surface area contributed by atoms with E-state index in [-0.39, 0.29) is 24.6 Å². The number of nitrogens with zero attached hydrogens (tertiary/aromatic N) is 1. The van der Waals surface area contributed by atoms with Crippen molar-refractivity contribution in [2.45, 2.75) is 33.1 Å². The first-order valence-electron chi connectivity index (χ1n) is 7.04. The SMILES string of the molecule is CCOC(=O)CCC(=O)CN(C)c1ccc(CC)cc1. The Bertz CT molecular complexity index is 440. The van der Waals surface area contributed by atoms with Crippen LogP contribution in [0.4, 0.5) is 5.69 Å². The van der Waals surface area contributed by atoms with Gasteiger partial charge in [-0.3, -0.25) is 9.59 Å². The van der Waals surface area contributed by atoms with E-state index in [1.165, 1.54) is 5.56 Å². The maximum Gasteiger partial charge on any atom is 0.306 e. The summed E-state index contributed by atoms with van der Waals surface area (Å²) < 4.78 is 4.80. The number of ketones is 1. The molecule has 0 fully saturated rings. The lowest BCUT2D eigenvalue weighted by Gasteiger charge is -2.18. The van der Waals surface area contributed by atoms with E-state index < -0.39 is 0 Å². The van der Waals surface area contributed by atoms with Gasteiger partial charge < -0.3 is 9.64 Å². The van der Waals surface area contributed by atoms with Crippen molar-refractivity contribution < 1.29 is 14.3 Å². The maximum atomic E-state index is 11.8. The summed E-state index contributed by atoms with van der Waals surface area (Å²) in [5.74, 6) is -0.268. The Morgan fingerprint density at radius 3 is 2.30 bits per heavy atom. The lowest BCUT2D eigenvalue weighted by Crippen LogP contribution is -2.26. The molecule has 0 amide bonds. The Morgan fingerprint density at radius 1 is 1.10 bits per heavy atom.